The van der Waals surface area contributed by atoms with Gasteiger partial charge in [0.2, 0.25) is 5.75 Å². The maximum Gasteiger partial charge on any atom is 0.204 e. The Morgan fingerprint density at radius 1 is 1.06 bits per heavy atom. The van der Waals surface area contributed by atoms with E-state index in [0.717, 1.165) is 53.8 Å². The van der Waals surface area contributed by atoms with Crippen molar-refractivity contribution in [1.82, 2.24) is 30.1 Å². The molecule has 0 amide bonds. The zero-order chi connectivity index (χ0) is 24.4. The van der Waals surface area contributed by atoms with Crippen LogP contribution >= 0.6 is 22.7 Å². The first-order valence-corrected chi connectivity index (χ1v) is 13.2. The van der Waals surface area contributed by atoms with E-state index in [-0.39, 0.29) is 6.04 Å². The first-order chi connectivity index (χ1) is 17.2. The number of methoxy groups -OCH3 is 3. The topological polar surface area (TPSA) is 90.7 Å². The van der Waals surface area contributed by atoms with Gasteiger partial charge in [0, 0.05) is 37.1 Å². The molecule has 12 heteroatoms. The Morgan fingerprint density at radius 2 is 1.86 bits per heavy atom. The predicted octanol–water partition coefficient (Wildman–Crippen LogP) is 3.69. The lowest BCUT2D eigenvalue weighted by Gasteiger charge is -2.38. The van der Waals surface area contributed by atoms with Crippen molar-refractivity contribution in [3.63, 3.8) is 0 Å². The highest BCUT2D eigenvalue weighted by molar-refractivity contribution is 7.22. The minimum Gasteiger partial charge on any atom is -0.493 e. The number of piperazine rings is 1. The molecular weight excluding hydrogens is 486 g/mol. The molecular formula is C23H29N7O3S2. The number of rotatable bonds is 9. The molecule has 5 rings (SSSR count). The fraction of sp³-hybridized carbons (Fsp3) is 0.478. The molecule has 0 bridgehead atoms. The number of ether oxygens (including phenoxy) is 3. The Balaban J connectivity index is 1.33. The number of fused-ring (bicyclic) bond motifs is 1. The highest BCUT2D eigenvalue weighted by Gasteiger charge is 2.29. The molecule has 1 saturated heterocycles. The van der Waals surface area contributed by atoms with Crippen LogP contribution in [0.15, 0.2) is 23.6 Å². The summed E-state index contributed by atoms with van der Waals surface area (Å²) in [6.07, 6.45) is 0.947. The number of nitrogens with zero attached hydrogens (tertiary/aromatic N) is 7. The Labute approximate surface area is 212 Å². The number of hydrogen-bond acceptors (Lipinski definition) is 11. The molecule has 0 radical (unpaired) electrons. The molecule has 186 valence electrons. The lowest BCUT2D eigenvalue weighted by atomic mass is 10.1. The van der Waals surface area contributed by atoms with Gasteiger partial charge < -0.3 is 19.1 Å². The smallest absolute Gasteiger partial charge is 0.204 e. The SMILES string of the molecule is CCC(c1nnnn1Cc1cccs1)N1CCN(c2nc3cc(OC)c(OC)c(OC)c3s2)CC1. The van der Waals surface area contributed by atoms with Gasteiger partial charge in [0.15, 0.2) is 22.5 Å². The Bertz CT molecular complexity index is 1270. The molecule has 10 nitrogen and oxygen atoms in total. The van der Waals surface area contributed by atoms with Gasteiger partial charge in [-0.05, 0) is 28.3 Å². The van der Waals surface area contributed by atoms with Crippen molar-refractivity contribution in [2.24, 2.45) is 0 Å². The summed E-state index contributed by atoms with van der Waals surface area (Å²) in [7, 11) is 4.89. The van der Waals surface area contributed by atoms with Gasteiger partial charge in [-0.2, -0.15) is 0 Å². The number of anilines is 1. The Kier molecular flexibility index (Phi) is 7.02. The Morgan fingerprint density at radius 3 is 2.51 bits per heavy atom. The minimum absolute atomic E-state index is 0.177. The molecule has 0 N–H and O–H groups in total. The third-order valence-corrected chi connectivity index (χ3v) is 8.32. The van der Waals surface area contributed by atoms with Gasteiger partial charge in [-0.1, -0.05) is 24.3 Å². The van der Waals surface area contributed by atoms with E-state index in [1.54, 1.807) is 44.0 Å². The summed E-state index contributed by atoms with van der Waals surface area (Å²) < 4.78 is 19.6. The van der Waals surface area contributed by atoms with E-state index >= 15 is 0 Å². The monoisotopic (exact) mass is 515 g/mol. The largest absolute Gasteiger partial charge is 0.493 e. The van der Waals surface area contributed by atoms with Gasteiger partial charge >= 0.3 is 0 Å². The minimum atomic E-state index is 0.177. The third-order valence-electron chi connectivity index (χ3n) is 6.33. The van der Waals surface area contributed by atoms with E-state index in [0.29, 0.717) is 23.8 Å². The standard InChI is InChI=1S/C23H29N7O3S2/c1-5-17(22-25-26-27-30(22)14-15-7-6-12-34-15)28-8-10-29(11-9-28)23-24-16-13-18(31-2)19(32-3)20(33-4)21(16)35-23/h6-7,12-13,17H,5,8-11,14H2,1-4H3. The third kappa shape index (κ3) is 4.53. The zero-order valence-corrected chi connectivity index (χ0v) is 21.9. The molecule has 0 aliphatic carbocycles. The molecule has 4 aromatic rings. The van der Waals surface area contributed by atoms with Gasteiger partial charge in [0.05, 0.1) is 39.4 Å². The molecule has 0 spiro atoms. The average Bonchev–Trinajstić information content (AvgIpc) is 3.66. The molecule has 1 aliphatic heterocycles. The highest BCUT2D eigenvalue weighted by Crippen LogP contribution is 2.47. The number of aromatic nitrogens is 5. The van der Waals surface area contributed by atoms with Crippen LogP contribution in [-0.4, -0.2) is 77.6 Å². The second kappa shape index (κ2) is 10.3. The molecule has 1 aromatic carbocycles. The molecule has 1 atom stereocenters. The quantitative estimate of drug-likeness (QED) is 0.331. The van der Waals surface area contributed by atoms with Crippen LogP contribution in [-0.2, 0) is 6.54 Å². The van der Waals surface area contributed by atoms with Crippen LogP contribution in [0.4, 0.5) is 5.13 Å². The van der Waals surface area contributed by atoms with E-state index in [9.17, 15) is 0 Å². The number of thiazole rings is 1. The highest BCUT2D eigenvalue weighted by atomic mass is 32.1. The Hall–Kier alpha value is -2.96. The van der Waals surface area contributed by atoms with E-state index in [1.165, 1.54) is 4.88 Å². The van der Waals surface area contributed by atoms with Gasteiger partial charge in [-0.25, -0.2) is 9.67 Å². The van der Waals surface area contributed by atoms with E-state index in [1.807, 2.05) is 10.7 Å². The van der Waals surface area contributed by atoms with E-state index in [4.69, 9.17) is 19.2 Å². The van der Waals surface area contributed by atoms with Crippen molar-refractivity contribution in [3.05, 3.63) is 34.3 Å². The number of tetrazole rings is 1. The molecule has 1 fully saturated rings. The fourth-order valence-electron chi connectivity index (χ4n) is 4.59. The van der Waals surface area contributed by atoms with E-state index in [2.05, 4.69) is 49.8 Å². The lowest BCUT2D eigenvalue weighted by Crippen LogP contribution is -2.48. The average molecular weight is 516 g/mol. The van der Waals surface area contributed by atoms with Gasteiger partial charge in [0.25, 0.3) is 0 Å². The maximum absolute atomic E-state index is 5.66. The number of benzene rings is 1. The summed E-state index contributed by atoms with van der Waals surface area (Å²) in [6, 6.07) is 6.27. The summed E-state index contributed by atoms with van der Waals surface area (Å²) in [5, 5.41) is 15.7. The van der Waals surface area contributed by atoms with Crippen molar-refractivity contribution < 1.29 is 14.2 Å². The van der Waals surface area contributed by atoms with E-state index < -0.39 is 0 Å². The summed E-state index contributed by atoms with van der Waals surface area (Å²) in [6.45, 7) is 6.46. The molecule has 35 heavy (non-hydrogen) atoms. The normalized spacial score (nSPS) is 15.5. The number of thiophene rings is 1. The predicted molar refractivity (Wildman–Crippen MR) is 137 cm³/mol. The van der Waals surface area contributed by atoms with Crippen LogP contribution in [0, 0.1) is 0 Å². The van der Waals surface area contributed by atoms with Crippen LogP contribution < -0.4 is 19.1 Å². The maximum atomic E-state index is 5.66. The molecule has 0 saturated carbocycles. The van der Waals surface area contributed by atoms with Crippen LogP contribution in [0.5, 0.6) is 17.2 Å². The summed E-state index contributed by atoms with van der Waals surface area (Å²) in [5.41, 5.74) is 0.848. The van der Waals surface area contributed by atoms with Gasteiger partial charge in [-0.15, -0.1) is 16.4 Å². The van der Waals surface area contributed by atoms with Crippen LogP contribution in [0.1, 0.15) is 30.1 Å². The van der Waals surface area contributed by atoms with Crippen molar-refractivity contribution in [2.75, 3.05) is 52.4 Å². The first-order valence-electron chi connectivity index (χ1n) is 11.5. The van der Waals surface area contributed by atoms with Crippen molar-refractivity contribution in [1.29, 1.82) is 0 Å². The van der Waals surface area contributed by atoms with Crippen LogP contribution in [0.3, 0.4) is 0 Å². The second-order valence-electron chi connectivity index (χ2n) is 8.21. The fourth-order valence-corrected chi connectivity index (χ4v) is 6.39. The second-order valence-corrected chi connectivity index (χ2v) is 10.2. The van der Waals surface area contributed by atoms with Gasteiger partial charge in [0.1, 0.15) is 4.70 Å². The summed E-state index contributed by atoms with van der Waals surface area (Å²) >= 11 is 3.35. The van der Waals surface area contributed by atoms with Crippen LogP contribution in [0.25, 0.3) is 10.2 Å². The van der Waals surface area contributed by atoms with Gasteiger partial charge in [-0.3, -0.25) is 4.90 Å². The molecule has 1 unspecified atom stereocenters. The molecule has 4 heterocycles. The summed E-state index contributed by atoms with van der Waals surface area (Å²) in [4.78, 5) is 11.0. The van der Waals surface area contributed by atoms with Crippen molar-refractivity contribution in [3.8, 4) is 17.2 Å². The number of hydrogen-bond donors (Lipinski definition) is 0. The lowest BCUT2D eigenvalue weighted by molar-refractivity contribution is 0.169. The molecule has 3 aromatic heterocycles. The molecule has 1 aliphatic rings. The van der Waals surface area contributed by atoms with Crippen molar-refractivity contribution >= 4 is 38.0 Å². The van der Waals surface area contributed by atoms with Crippen molar-refractivity contribution in [2.45, 2.75) is 25.9 Å². The zero-order valence-electron chi connectivity index (χ0n) is 20.3. The summed E-state index contributed by atoms with van der Waals surface area (Å²) in [5.74, 6) is 2.80. The van der Waals surface area contributed by atoms with Crippen LogP contribution in [0.2, 0.25) is 0 Å². The first kappa shape index (κ1) is 23.8.